The number of rotatable bonds is 3. The van der Waals surface area contributed by atoms with Crippen LogP contribution in [0.3, 0.4) is 0 Å². The molecule has 0 aliphatic carbocycles. The molecule has 104 valence electrons. The highest BCUT2D eigenvalue weighted by Gasteiger charge is 2.10. The molecule has 0 spiro atoms. The summed E-state index contributed by atoms with van der Waals surface area (Å²) in [6.45, 7) is 3.30. The van der Waals surface area contributed by atoms with Crippen LogP contribution in [0, 0.1) is 6.92 Å². The van der Waals surface area contributed by atoms with Crippen LogP contribution in [0.5, 0.6) is 0 Å². The molecule has 2 N–H and O–H groups in total. The topological polar surface area (TPSA) is 88.9 Å². The number of aromatic nitrogens is 3. The summed E-state index contributed by atoms with van der Waals surface area (Å²) in [6.07, 6.45) is 1.54. The average molecular weight is 273 g/mol. The molecule has 20 heavy (non-hydrogen) atoms. The van der Waals surface area contributed by atoms with E-state index in [1.165, 1.54) is 17.8 Å². The van der Waals surface area contributed by atoms with E-state index in [4.69, 9.17) is 0 Å². The number of aryl methyl sites for hydroxylation is 2. The van der Waals surface area contributed by atoms with Gasteiger partial charge in [0.2, 0.25) is 5.91 Å². The van der Waals surface area contributed by atoms with Crippen molar-refractivity contribution in [3.8, 4) is 0 Å². The van der Waals surface area contributed by atoms with Crippen molar-refractivity contribution in [2.24, 2.45) is 7.05 Å². The molecule has 0 unspecified atom stereocenters. The standard InChI is InChI=1S/C13H15N5O2/c1-8-6-10(4-5-11(8)14-9(2)19)15-13(20)12-7-18(3)17-16-12/h4-7H,1-3H3,(H,14,19)(H,15,20). The largest absolute Gasteiger partial charge is 0.326 e. The van der Waals surface area contributed by atoms with E-state index < -0.39 is 0 Å². The van der Waals surface area contributed by atoms with Gasteiger partial charge in [0.25, 0.3) is 5.91 Å². The first-order valence-electron chi connectivity index (χ1n) is 6.01. The Morgan fingerprint density at radius 1 is 1.25 bits per heavy atom. The highest BCUT2D eigenvalue weighted by atomic mass is 16.2. The maximum absolute atomic E-state index is 11.9. The van der Waals surface area contributed by atoms with Gasteiger partial charge in [-0.1, -0.05) is 5.21 Å². The summed E-state index contributed by atoms with van der Waals surface area (Å²) in [7, 11) is 1.69. The van der Waals surface area contributed by atoms with Crippen LogP contribution in [0.4, 0.5) is 11.4 Å². The van der Waals surface area contributed by atoms with E-state index in [-0.39, 0.29) is 17.5 Å². The fourth-order valence-electron chi connectivity index (χ4n) is 1.72. The van der Waals surface area contributed by atoms with Crippen LogP contribution >= 0.6 is 0 Å². The van der Waals surface area contributed by atoms with E-state index >= 15 is 0 Å². The van der Waals surface area contributed by atoms with Crippen molar-refractivity contribution in [3.63, 3.8) is 0 Å². The smallest absolute Gasteiger partial charge is 0.277 e. The van der Waals surface area contributed by atoms with Gasteiger partial charge in [0, 0.05) is 25.3 Å². The van der Waals surface area contributed by atoms with Crippen LogP contribution < -0.4 is 10.6 Å². The quantitative estimate of drug-likeness (QED) is 0.883. The lowest BCUT2D eigenvalue weighted by molar-refractivity contribution is -0.114. The number of nitrogens with zero attached hydrogens (tertiary/aromatic N) is 3. The molecule has 0 atom stereocenters. The summed E-state index contributed by atoms with van der Waals surface area (Å²) in [4.78, 5) is 22.9. The zero-order chi connectivity index (χ0) is 14.7. The fraction of sp³-hybridized carbons (Fsp3) is 0.231. The van der Waals surface area contributed by atoms with Crippen molar-refractivity contribution in [2.45, 2.75) is 13.8 Å². The van der Waals surface area contributed by atoms with Gasteiger partial charge >= 0.3 is 0 Å². The number of amides is 2. The van der Waals surface area contributed by atoms with E-state index in [9.17, 15) is 9.59 Å². The molecule has 7 nitrogen and oxygen atoms in total. The number of hydrogen-bond donors (Lipinski definition) is 2. The lowest BCUT2D eigenvalue weighted by Crippen LogP contribution is -2.13. The Morgan fingerprint density at radius 3 is 2.55 bits per heavy atom. The zero-order valence-corrected chi connectivity index (χ0v) is 11.5. The van der Waals surface area contributed by atoms with Gasteiger partial charge in [0.15, 0.2) is 5.69 Å². The second-order valence-electron chi connectivity index (χ2n) is 4.44. The molecule has 0 aliphatic heterocycles. The van der Waals surface area contributed by atoms with Crippen LogP contribution in [0.15, 0.2) is 24.4 Å². The minimum Gasteiger partial charge on any atom is -0.326 e. The van der Waals surface area contributed by atoms with Gasteiger partial charge in [-0.2, -0.15) is 0 Å². The van der Waals surface area contributed by atoms with E-state index in [1.807, 2.05) is 6.92 Å². The molecular formula is C13H15N5O2. The highest BCUT2D eigenvalue weighted by molar-refractivity contribution is 6.02. The summed E-state index contributed by atoms with van der Waals surface area (Å²) in [5.74, 6) is -0.464. The minimum absolute atomic E-state index is 0.135. The molecule has 0 fully saturated rings. The Hall–Kier alpha value is -2.70. The summed E-state index contributed by atoms with van der Waals surface area (Å²) in [5.41, 5.74) is 2.45. The Labute approximate surface area is 116 Å². The van der Waals surface area contributed by atoms with Gasteiger partial charge in [0.05, 0.1) is 6.20 Å². The third-order valence-electron chi connectivity index (χ3n) is 2.63. The van der Waals surface area contributed by atoms with Crippen LogP contribution in [0.2, 0.25) is 0 Å². The summed E-state index contributed by atoms with van der Waals surface area (Å²) < 4.78 is 1.46. The second kappa shape index (κ2) is 5.52. The molecule has 1 heterocycles. The van der Waals surface area contributed by atoms with E-state index in [1.54, 1.807) is 25.2 Å². The molecule has 2 rings (SSSR count). The fourth-order valence-corrected chi connectivity index (χ4v) is 1.72. The first-order chi connectivity index (χ1) is 9.45. The lowest BCUT2D eigenvalue weighted by Gasteiger charge is -2.09. The molecule has 7 heteroatoms. The van der Waals surface area contributed by atoms with E-state index in [0.717, 1.165) is 11.3 Å². The van der Waals surface area contributed by atoms with Crippen LogP contribution in [0.1, 0.15) is 23.0 Å². The molecule has 0 saturated heterocycles. The normalized spacial score (nSPS) is 10.2. The molecule has 1 aromatic carbocycles. The van der Waals surface area contributed by atoms with Gasteiger partial charge in [-0.3, -0.25) is 14.3 Å². The molecule has 2 amide bonds. The Kier molecular flexibility index (Phi) is 3.79. The Balaban J connectivity index is 2.12. The molecule has 0 radical (unpaired) electrons. The number of hydrogen-bond acceptors (Lipinski definition) is 4. The monoisotopic (exact) mass is 273 g/mol. The number of carbonyl (C=O) groups is 2. The van der Waals surface area contributed by atoms with Gasteiger partial charge in [-0.25, -0.2) is 0 Å². The predicted octanol–water partition coefficient (Wildman–Crippen LogP) is 1.33. The van der Waals surface area contributed by atoms with E-state index in [2.05, 4.69) is 20.9 Å². The first-order valence-corrected chi connectivity index (χ1v) is 6.01. The number of benzene rings is 1. The third-order valence-corrected chi connectivity index (χ3v) is 2.63. The lowest BCUT2D eigenvalue weighted by atomic mass is 10.1. The van der Waals surface area contributed by atoms with Crippen molar-refractivity contribution in [1.29, 1.82) is 0 Å². The highest BCUT2D eigenvalue weighted by Crippen LogP contribution is 2.20. The maximum Gasteiger partial charge on any atom is 0.277 e. The van der Waals surface area contributed by atoms with Crippen LogP contribution in [-0.4, -0.2) is 26.8 Å². The van der Waals surface area contributed by atoms with Gasteiger partial charge in [0.1, 0.15) is 0 Å². The van der Waals surface area contributed by atoms with Crippen molar-refractivity contribution in [1.82, 2.24) is 15.0 Å². The van der Waals surface area contributed by atoms with Crippen molar-refractivity contribution >= 4 is 23.2 Å². The summed E-state index contributed by atoms with van der Waals surface area (Å²) >= 11 is 0. The Bertz CT molecular complexity index is 663. The SMILES string of the molecule is CC(=O)Nc1ccc(NC(=O)c2cn(C)nn2)cc1C. The van der Waals surface area contributed by atoms with Gasteiger partial charge in [-0.05, 0) is 30.7 Å². The van der Waals surface area contributed by atoms with Gasteiger partial charge in [-0.15, -0.1) is 5.10 Å². The van der Waals surface area contributed by atoms with Crippen molar-refractivity contribution in [2.75, 3.05) is 10.6 Å². The number of nitrogens with one attached hydrogen (secondary N) is 2. The molecule has 2 aromatic rings. The number of anilines is 2. The summed E-state index contributed by atoms with van der Waals surface area (Å²) in [6, 6.07) is 5.23. The molecule has 0 bridgehead atoms. The van der Waals surface area contributed by atoms with Gasteiger partial charge < -0.3 is 10.6 Å². The predicted molar refractivity (Wildman–Crippen MR) is 74.4 cm³/mol. The minimum atomic E-state index is -0.329. The van der Waals surface area contributed by atoms with Crippen LogP contribution in [0.25, 0.3) is 0 Å². The molecular weight excluding hydrogens is 258 g/mol. The van der Waals surface area contributed by atoms with Crippen molar-refractivity contribution < 1.29 is 9.59 Å². The first kappa shape index (κ1) is 13.7. The summed E-state index contributed by atoms with van der Waals surface area (Å²) in [5, 5.41) is 12.9. The van der Waals surface area contributed by atoms with Crippen molar-refractivity contribution in [3.05, 3.63) is 35.7 Å². The van der Waals surface area contributed by atoms with E-state index in [0.29, 0.717) is 5.69 Å². The molecule has 0 aliphatic rings. The second-order valence-corrected chi connectivity index (χ2v) is 4.44. The maximum atomic E-state index is 11.9. The average Bonchev–Trinajstić information content (AvgIpc) is 2.79. The Morgan fingerprint density at radius 2 is 2.00 bits per heavy atom. The van der Waals surface area contributed by atoms with Crippen LogP contribution in [-0.2, 0) is 11.8 Å². The third kappa shape index (κ3) is 3.19. The zero-order valence-electron chi connectivity index (χ0n) is 11.5. The molecule has 1 aromatic heterocycles. The molecule has 0 saturated carbocycles. The number of carbonyl (C=O) groups excluding carboxylic acids is 2.